The summed E-state index contributed by atoms with van der Waals surface area (Å²) >= 11 is 3.44. The molecule has 0 radical (unpaired) electrons. The molecule has 5 heteroatoms. The van der Waals surface area contributed by atoms with Crippen LogP contribution in [-0.4, -0.2) is 18.0 Å². The smallest absolute Gasteiger partial charge is 0.0992 e. The molecule has 1 rings (SSSR count). The van der Waals surface area contributed by atoms with E-state index in [1.165, 1.54) is 0 Å². The molecule has 0 amide bonds. The van der Waals surface area contributed by atoms with Crippen molar-refractivity contribution in [2.45, 2.75) is 19.4 Å². The summed E-state index contributed by atoms with van der Waals surface area (Å²) in [5.41, 5.74) is 1.66. The van der Waals surface area contributed by atoms with Crippen LogP contribution >= 0.6 is 15.9 Å². The molecule has 1 aromatic carbocycles. The molecule has 0 unspecified atom stereocenters. The molecule has 0 aliphatic carbocycles. The number of hydrogen-bond acceptors (Lipinski definition) is 4. The molecule has 0 atom stereocenters. The monoisotopic (exact) mass is 316 g/mol. The van der Waals surface area contributed by atoms with Crippen LogP contribution in [0.15, 0.2) is 22.7 Å². The second-order valence-corrected chi connectivity index (χ2v) is 4.86. The van der Waals surface area contributed by atoms with Crippen molar-refractivity contribution in [3.05, 3.63) is 33.8 Å². The molecular formula is C14H13BrN4. The van der Waals surface area contributed by atoms with Crippen LogP contribution in [0.4, 0.5) is 0 Å². The molecule has 4 nitrogen and oxygen atoms in total. The lowest BCUT2D eigenvalue weighted by Gasteiger charge is -2.20. The molecule has 1 aromatic rings. The fraction of sp³-hybridized carbons (Fsp3) is 0.357. The average molecular weight is 317 g/mol. The van der Waals surface area contributed by atoms with Gasteiger partial charge in [-0.2, -0.15) is 15.8 Å². The summed E-state index contributed by atoms with van der Waals surface area (Å²) < 4.78 is 0.880. The van der Waals surface area contributed by atoms with Crippen molar-refractivity contribution in [1.82, 2.24) is 4.90 Å². The number of benzene rings is 1. The van der Waals surface area contributed by atoms with E-state index in [1.807, 2.05) is 6.07 Å². The Morgan fingerprint density at radius 3 is 2.16 bits per heavy atom. The van der Waals surface area contributed by atoms with E-state index in [2.05, 4.69) is 39.0 Å². The zero-order valence-corrected chi connectivity index (χ0v) is 12.0. The summed E-state index contributed by atoms with van der Waals surface area (Å²) in [4.78, 5) is 2.07. The van der Waals surface area contributed by atoms with Gasteiger partial charge in [0.2, 0.25) is 0 Å². The zero-order chi connectivity index (χ0) is 14.1. The standard InChI is InChI=1S/C14H13BrN4/c15-14-9-12(10-18)3-4-13(14)11-19(7-1-5-16)8-2-6-17/h3-4,9H,1-2,7-8,11H2. The van der Waals surface area contributed by atoms with E-state index >= 15 is 0 Å². The molecule has 0 saturated heterocycles. The van der Waals surface area contributed by atoms with E-state index in [0.29, 0.717) is 38.0 Å². The molecule has 0 N–H and O–H groups in total. The summed E-state index contributed by atoms with van der Waals surface area (Å²) in [5, 5.41) is 26.1. The fourth-order valence-corrected chi connectivity index (χ4v) is 2.18. The first-order valence-corrected chi connectivity index (χ1v) is 6.65. The van der Waals surface area contributed by atoms with E-state index in [1.54, 1.807) is 12.1 Å². The fourth-order valence-electron chi connectivity index (χ4n) is 1.67. The molecule has 0 bridgehead atoms. The molecule has 96 valence electrons. The number of halogens is 1. The third-order valence-electron chi connectivity index (χ3n) is 2.66. The van der Waals surface area contributed by atoms with Gasteiger partial charge in [-0.1, -0.05) is 22.0 Å². The first kappa shape index (κ1) is 15.2. The van der Waals surface area contributed by atoms with Gasteiger partial charge >= 0.3 is 0 Å². The van der Waals surface area contributed by atoms with Crippen molar-refractivity contribution in [1.29, 1.82) is 15.8 Å². The summed E-state index contributed by atoms with van der Waals surface area (Å²) in [7, 11) is 0. The van der Waals surface area contributed by atoms with E-state index in [0.717, 1.165) is 10.0 Å². The van der Waals surface area contributed by atoms with Crippen molar-refractivity contribution in [2.75, 3.05) is 13.1 Å². The Morgan fingerprint density at radius 1 is 1.05 bits per heavy atom. The first-order valence-electron chi connectivity index (χ1n) is 5.86. The number of hydrogen-bond donors (Lipinski definition) is 0. The largest absolute Gasteiger partial charge is 0.297 e. The number of nitriles is 3. The van der Waals surface area contributed by atoms with Crippen molar-refractivity contribution >= 4 is 15.9 Å². The summed E-state index contributed by atoms with van der Waals surface area (Å²) in [5.74, 6) is 0. The predicted octanol–water partition coefficient (Wildman–Crippen LogP) is 2.95. The lowest BCUT2D eigenvalue weighted by atomic mass is 10.1. The Kier molecular flexibility index (Phi) is 6.61. The second-order valence-electron chi connectivity index (χ2n) is 4.01. The maximum absolute atomic E-state index is 8.81. The van der Waals surface area contributed by atoms with E-state index < -0.39 is 0 Å². The Bertz CT molecular complexity index is 530. The van der Waals surface area contributed by atoms with Crippen LogP contribution in [-0.2, 0) is 6.54 Å². The molecule has 0 saturated carbocycles. The van der Waals surface area contributed by atoms with Crippen LogP contribution in [0.25, 0.3) is 0 Å². The Labute approximate surface area is 121 Å². The van der Waals surface area contributed by atoms with E-state index in [-0.39, 0.29) is 0 Å². The molecule has 19 heavy (non-hydrogen) atoms. The summed E-state index contributed by atoms with van der Waals surface area (Å²) in [6, 6.07) is 11.8. The topological polar surface area (TPSA) is 74.6 Å². The summed E-state index contributed by atoms with van der Waals surface area (Å²) in [6.45, 7) is 1.95. The van der Waals surface area contributed by atoms with Gasteiger partial charge in [-0.05, 0) is 17.7 Å². The van der Waals surface area contributed by atoms with Gasteiger partial charge in [-0.15, -0.1) is 0 Å². The van der Waals surface area contributed by atoms with Crippen molar-refractivity contribution < 1.29 is 0 Å². The SMILES string of the molecule is N#CCCN(CCC#N)Cc1ccc(C#N)cc1Br. The molecule has 0 aromatic heterocycles. The van der Waals surface area contributed by atoms with Gasteiger partial charge in [0, 0.05) is 36.9 Å². The zero-order valence-electron chi connectivity index (χ0n) is 10.4. The van der Waals surface area contributed by atoms with Crippen LogP contribution in [0.3, 0.4) is 0 Å². The minimum Gasteiger partial charge on any atom is -0.297 e. The molecule has 0 aliphatic heterocycles. The van der Waals surface area contributed by atoms with Crippen molar-refractivity contribution in [3.8, 4) is 18.2 Å². The maximum atomic E-state index is 8.81. The molecule has 0 aliphatic rings. The van der Waals surface area contributed by atoms with Gasteiger partial charge in [0.25, 0.3) is 0 Å². The van der Waals surface area contributed by atoms with Gasteiger partial charge in [0.15, 0.2) is 0 Å². The lowest BCUT2D eigenvalue weighted by molar-refractivity contribution is 0.277. The maximum Gasteiger partial charge on any atom is 0.0992 e. The van der Waals surface area contributed by atoms with Gasteiger partial charge in [0.05, 0.1) is 23.8 Å². The van der Waals surface area contributed by atoms with Gasteiger partial charge in [-0.25, -0.2) is 0 Å². The Morgan fingerprint density at radius 2 is 1.68 bits per heavy atom. The number of rotatable bonds is 6. The van der Waals surface area contributed by atoms with Crippen LogP contribution in [0.2, 0.25) is 0 Å². The minimum absolute atomic E-state index is 0.444. The quantitative estimate of drug-likeness (QED) is 0.808. The highest BCUT2D eigenvalue weighted by atomic mass is 79.9. The van der Waals surface area contributed by atoms with Crippen LogP contribution in [0, 0.1) is 34.0 Å². The third kappa shape index (κ3) is 5.10. The van der Waals surface area contributed by atoms with Gasteiger partial charge < -0.3 is 0 Å². The number of nitrogens with zero attached hydrogens (tertiary/aromatic N) is 4. The Hall–Kier alpha value is -1.87. The molecular weight excluding hydrogens is 304 g/mol. The summed E-state index contributed by atoms with van der Waals surface area (Å²) in [6.07, 6.45) is 0.888. The highest BCUT2D eigenvalue weighted by Crippen LogP contribution is 2.20. The normalized spacial score (nSPS) is 9.63. The van der Waals surface area contributed by atoms with Gasteiger partial charge in [-0.3, -0.25) is 4.90 Å². The second kappa shape index (κ2) is 8.27. The molecule has 0 heterocycles. The van der Waals surface area contributed by atoms with Gasteiger partial charge in [0.1, 0.15) is 0 Å². The first-order chi connectivity index (χ1) is 9.21. The van der Waals surface area contributed by atoms with Crippen LogP contribution in [0.5, 0.6) is 0 Å². The van der Waals surface area contributed by atoms with Crippen molar-refractivity contribution in [3.63, 3.8) is 0 Å². The van der Waals surface area contributed by atoms with E-state index in [4.69, 9.17) is 15.8 Å². The average Bonchev–Trinajstić information content (AvgIpc) is 2.43. The molecule has 0 fully saturated rings. The van der Waals surface area contributed by atoms with E-state index in [9.17, 15) is 0 Å². The van der Waals surface area contributed by atoms with Crippen molar-refractivity contribution in [2.24, 2.45) is 0 Å². The molecule has 0 spiro atoms. The highest BCUT2D eigenvalue weighted by Gasteiger charge is 2.08. The minimum atomic E-state index is 0.444. The highest BCUT2D eigenvalue weighted by molar-refractivity contribution is 9.10. The lowest BCUT2D eigenvalue weighted by Crippen LogP contribution is -2.25. The van der Waals surface area contributed by atoms with Crippen LogP contribution < -0.4 is 0 Å². The predicted molar refractivity (Wildman–Crippen MR) is 74.6 cm³/mol. The van der Waals surface area contributed by atoms with Crippen LogP contribution in [0.1, 0.15) is 24.0 Å². The Balaban J connectivity index is 2.75. The third-order valence-corrected chi connectivity index (χ3v) is 3.39.